The van der Waals surface area contributed by atoms with Gasteiger partial charge in [-0.2, -0.15) is 0 Å². The number of rotatable bonds is 9. The average Bonchev–Trinajstić information content (AvgIpc) is 2.72. The molecular formula is C23H33N3O3+2. The third kappa shape index (κ3) is 6.48. The van der Waals surface area contributed by atoms with Gasteiger partial charge < -0.3 is 24.6 Å². The van der Waals surface area contributed by atoms with Crippen molar-refractivity contribution >= 4 is 11.6 Å². The summed E-state index contributed by atoms with van der Waals surface area (Å²) in [7, 11) is 0. The Balaban J connectivity index is 1.50. The highest BCUT2D eigenvalue weighted by Gasteiger charge is 2.25. The van der Waals surface area contributed by atoms with Crippen molar-refractivity contribution in [1.82, 2.24) is 0 Å². The van der Waals surface area contributed by atoms with Crippen LogP contribution >= 0.6 is 0 Å². The van der Waals surface area contributed by atoms with Crippen LogP contribution < -0.4 is 24.6 Å². The predicted octanol–water partition coefficient (Wildman–Crippen LogP) is 0.406. The Kier molecular flexibility index (Phi) is 7.90. The first-order chi connectivity index (χ1) is 14.2. The fourth-order valence-corrected chi connectivity index (χ4v) is 3.76. The van der Waals surface area contributed by atoms with Crippen LogP contribution in [0.3, 0.4) is 0 Å². The van der Waals surface area contributed by atoms with Crippen molar-refractivity contribution < 1.29 is 24.1 Å². The van der Waals surface area contributed by atoms with Gasteiger partial charge in [0.1, 0.15) is 44.2 Å². The lowest BCUT2D eigenvalue weighted by molar-refractivity contribution is -1.02. The van der Waals surface area contributed by atoms with Gasteiger partial charge >= 0.3 is 0 Å². The molecule has 2 aromatic carbocycles. The van der Waals surface area contributed by atoms with Crippen molar-refractivity contribution in [1.29, 1.82) is 0 Å². The van der Waals surface area contributed by atoms with Gasteiger partial charge in [0.25, 0.3) is 5.91 Å². The smallest absolute Gasteiger partial charge is 0.279 e. The molecule has 0 saturated carbocycles. The third-order valence-corrected chi connectivity index (χ3v) is 5.21. The fourth-order valence-electron chi connectivity index (χ4n) is 3.76. The van der Waals surface area contributed by atoms with Gasteiger partial charge in [-0.05, 0) is 26.0 Å². The molecule has 29 heavy (non-hydrogen) atoms. The molecule has 1 amide bonds. The standard InChI is InChI=1S/C23H31N3O3/c1-3-28-20-10-11-22(29-4-2)21(16-20)24-23(27)18-26-14-12-25(13-15-26)17-19-8-6-5-7-9-19/h5-11,16H,3-4,12-15,17-18H2,1-2H3,(H,24,27)/p+2. The summed E-state index contributed by atoms with van der Waals surface area (Å²) in [4.78, 5) is 15.6. The Bertz CT molecular complexity index is 774. The van der Waals surface area contributed by atoms with E-state index in [4.69, 9.17) is 9.47 Å². The number of carbonyl (C=O) groups is 1. The molecule has 0 unspecified atom stereocenters. The SMILES string of the molecule is CCOc1ccc(OCC)c(NC(=O)C[NH+]2CC[NH+](Cc3ccccc3)CC2)c1. The molecule has 0 aromatic heterocycles. The van der Waals surface area contributed by atoms with E-state index in [9.17, 15) is 4.79 Å². The van der Waals surface area contributed by atoms with Crippen molar-refractivity contribution in [2.75, 3.05) is 51.3 Å². The number of hydrogen-bond donors (Lipinski definition) is 3. The van der Waals surface area contributed by atoms with Crippen molar-refractivity contribution in [2.24, 2.45) is 0 Å². The van der Waals surface area contributed by atoms with Crippen LogP contribution in [0.5, 0.6) is 11.5 Å². The second-order valence-corrected chi connectivity index (χ2v) is 7.41. The number of amides is 1. The zero-order chi connectivity index (χ0) is 20.5. The molecule has 0 radical (unpaired) electrons. The second kappa shape index (κ2) is 10.8. The maximum absolute atomic E-state index is 12.6. The number of carbonyl (C=O) groups excluding carboxylic acids is 1. The number of anilines is 1. The first-order valence-electron chi connectivity index (χ1n) is 10.6. The van der Waals surface area contributed by atoms with E-state index >= 15 is 0 Å². The number of ether oxygens (including phenoxy) is 2. The highest BCUT2D eigenvalue weighted by atomic mass is 16.5. The van der Waals surface area contributed by atoms with Crippen molar-refractivity contribution in [3.8, 4) is 11.5 Å². The van der Waals surface area contributed by atoms with E-state index in [-0.39, 0.29) is 5.91 Å². The summed E-state index contributed by atoms with van der Waals surface area (Å²) in [6, 6.07) is 16.2. The number of nitrogens with one attached hydrogen (secondary N) is 3. The molecule has 0 bridgehead atoms. The highest BCUT2D eigenvalue weighted by Crippen LogP contribution is 2.29. The van der Waals surface area contributed by atoms with Crippen LogP contribution in [0.1, 0.15) is 19.4 Å². The Hall–Kier alpha value is -2.57. The summed E-state index contributed by atoms with van der Waals surface area (Å²) in [6.45, 7) is 10.7. The Morgan fingerprint density at radius 2 is 1.62 bits per heavy atom. The third-order valence-electron chi connectivity index (χ3n) is 5.21. The molecule has 0 spiro atoms. The van der Waals surface area contributed by atoms with Gasteiger partial charge in [-0.25, -0.2) is 0 Å². The van der Waals surface area contributed by atoms with Gasteiger partial charge in [-0.1, -0.05) is 30.3 Å². The van der Waals surface area contributed by atoms with Gasteiger partial charge in [-0.15, -0.1) is 0 Å². The average molecular weight is 400 g/mol. The van der Waals surface area contributed by atoms with Gasteiger partial charge in [0.15, 0.2) is 6.54 Å². The first kappa shape index (κ1) is 21.1. The summed E-state index contributed by atoms with van der Waals surface area (Å²) < 4.78 is 11.2. The molecule has 156 valence electrons. The maximum Gasteiger partial charge on any atom is 0.279 e. The van der Waals surface area contributed by atoms with Crippen LogP contribution in [0.15, 0.2) is 48.5 Å². The second-order valence-electron chi connectivity index (χ2n) is 7.41. The van der Waals surface area contributed by atoms with E-state index in [2.05, 4.69) is 35.6 Å². The number of piperazine rings is 1. The zero-order valence-corrected chi connectivity index (χ0v) is 17.5. The van der Waals surface area contributed by atoms with Gasteiger partial charge in [0.2, 0.25) is 0 Å². The molecule has 6 heteroatoms. The molecule has 1 fully saturated rings. The van der Waals surface area contributed by atoms with Crippen LogP contribution in [0.2, 0.25) is 0 Å². The summed E-state index contributed by atoms with van der Waals surface area (Å²) in [5.74, 6) is 1.43. The lowest BCUT2D eigenvalue weighted by atomic mass is 10.2. The van der Waals surface area contributed by atoms with E-state index in [1.807, 2.05) is 32.0 Å². The van der Waals surface area contributed by atoms with E-state index in [1.165, 1.54) is 10.5 Å². The topological polar surface area (TPSA) is 56.4 Å². The minimum Gasteiger partial charge on any atom is -0.494 e. The maximum atomic E-state index is 12.6. The molecule has 0 aliphatic carbocycles. The molecule has 1 heterocycles. The summed E-state index contributed by atoms with van der Waals surface area (Å²) in [5.41, 5.74) is 2.05. The molecule has 1 aliphatic heterocycles. The number of hydrogen-bond acceptors (Lipinski definition) is 3. The van der Waals surface area contributed by atoms with Gasteiger partial charge in [-0.3, -0.25) is 4.79 Å². The van der Waals surface area contributed by atoms with Crippen molar-refractivity contribution in [2.45, 2.75) is 20.4 Å². The molecule has 3 N–H and O–H groups in total. The highest BCUT2D eigenvalue weighted by molar-refractivity contribution is 5.93. The molecular weight excluding hydrogens is 366 g/mol. The van der Waals surface area contributed by atoms with Crippen LogP contribution in [-0.4, -0.2) is 51.8 Å². The molecule has 2 aromatic rings. The van der Waals surface area contributed by atoms with E-state index in [1.54, 1.807) is 4.90 Å². The van der Waals surface area contributed by atoms with E-state index in [0.717, 1.165) is 38.5 Å². The molecule has 1 saturated heterocycles. The van der Waals surface area contributed by atoms with Crippen LogP contribution in [0.4, 0.5) is 5.69 Å². The van der Waals surface area contributed by atoms with Crippen LogP contribution in [0, 0.1) is 0 Å². The zero-order valence-electron chi connectivity index (χ0n) is 17.5. The predicted molar refractivity (Wildman–Crippen MR) is 114 cm³/mol. The Morgan fingerprint density at radius 1 is 0.931 bits per heavy atom. The largest absolute Gasteiger partial charge is 0.494 e. The minimum atomic E-state index is 0.0149. The summed E-state index contributed by atoms with van der Waals surface area (Å²) >= 11 is 0. The quantitative estimate of drug-likeness (QED) is 0.572. The van der Waals surface area contributed by atoms with Crippen LogP contribution in [-0.2, 0) is 11.3 Å². The lowest BCUT2D eigenvalue weighted by Crippen LogP contribution is -3.28. The number of benzene rings is 2. The minimum absolute atomic E-state index is 0.0149. The number of quaternary nitrogens is 2. The fraction of sp³-hybridized carbons (Fsp3) is 0.435. The van der Waals surface area contributed by atoms with Crippen molar-refractivity contribution in [3.63, 3.8) is 0 Å². The summed E-state index contributed by atoms with van der Waals surface area (Å²) in [6.07, 6.45) is 0. The molecule has 3 rings (SSSR count). The monoisotopic (exact) mass is 399 g/mol. The van der Waals surface area contributed by atoms with Gasteiger partial charge in [0, 0.05) is 11.6 Å². The molecule has 6 nitrogen and oxygen atoms in total. The van der Waals surface area contributed by atoms with E-state index < -0.39 is 0 Å². The molecule has 0 atom stereocenters. The van der Waals surface area contributed by atoms with E-state index in [0.29, 0.717) is 31.2 Å². The lowest BCUT2D eigenvalue weighted by Gasteiger charge is -2.29. The van der Waals surface area contributed by atoms with Gasteiger partial charge in [0.05, 0.1) is 18.9 Å². The first-order valence-corrected chi connectivity index (χ1v) is 10.6. The Labute approximate surface area is 173 Å². The van der Waals surface area contributed by atoms with Crippen LogP contribution in [0.25, 0.3) is 0 Å². The van der Waals surface area contributed by atoms with Crippen molar-refractivity contribution in [3.05, 3.63) is 54.1 Å². The molecule has 1 aliphatic rings. The Morgan fingerprint density at radius 3 is 2.31 bits per heavy atom. The normalized spacial score (nSPS) is 18.8. The summed E-state index contributed by atoms with van der Waals surface area (Å²) in [5, 5.41) is 3.02.